The Balaban J connectivity index is 2.47. The van der Waals surface area contributed by atoms with Crippen LogP contribution in [0.2, 0.25) is 0 Å². The summed E-state index contributed by atoms with van der Waals surface area (Å²) in [5, 5.41) is 2.88. The molecule has 94 valence electrons. The van der Waals surface area contributed by atoms with Crippen LogP contribution in [-0.2, 0) is 11.2 Å². The van der Waals surface area contributed by atoms with Gasteiger partial charge in [-0.2, -0.15) is 0 Å². The van der Waals surface area contributed by atoms with Gasteiger partial charge in [0.25, 0.3) is 0 Å². The molecule has 1 rings (SSSR count). The highest BCUT2D eigenvalue weighted by atomic mass is 32.1. The van der Waals surface area contributed by atoms with Crippen LogP contribution in [0.25, 0.3) is 0 Å². The minimum absolute atomic E-state index is 0.00273. The van der Waals surface area contributed by atoms with E-state index in [9.17, 15) is 4.79 Å². The summed E-state index contributed by atoms with van der Waals surface area (Å²) >= 11 is 4.86. The minimum Gasteiger partial charge on any atom is -0.469 e. The van der Waals surface area contributed by atoms with Gasteiger partial charge in [-0.15, -0.1) is 0 Å². The van der Waals surface area contributed by atoms with Crippen molar-refractivity contribution < 1.29 is 9.21 Å². The van der Waals surface area contributed by atoms with E-state index in [0.717, 1.165) is 5.76 Å². The third-order valence-electron chi connectivity index (χ3n) is 2.54. The van der Waals surface area contributed by atoms with Crippen LogP contribution in [0.15, 0.2) is 22.8 Å². The van der Waals surface area contributed by atoms with Crippen molar-refractivity contribution in [3.63, 3.8) is 0 Å². The zero-order valence-electron chi connectivity index (χ0n) is 10.1. The van der Waals surface area contributed by atoms with Gasteiger partial charge in [0.2, 0.25) is 5.91 Å². The quantitative estimate of drug-likeness (QED) is 0.757. The van der Waals surface area contributed by atoms with E-state index in [4.69, 9.17) is 22.4 Å². The predicted octanol–water partition coefficient (Wildman–Crippen LogP) is 1.64. The lowest BCUT2D eigenvalue weighted by Crippen LogP contribution is -2.42. The fraction of sp³-hybridized carbons (Fsp3) is 0.500. The number of carbonyl (C=O) groups is 1. The zero-order valence-corrected chi connectivity index (χ0v) is 10.9. The summed E-state index contributed by atoms with van der Waals surface area (Å²) in [7, 11) is 0. The molecule has 0 aliphatic rings. The molecule has 0 aliphatic heterocycles. The fourth-order valence-corrected chi connectivity index (χ4v) is 1.91. The van der Waals surface area contributed by atoms with Gasteiger partial charge in [0.15, 0.2) is 0 Å². The smallest absolute Gasteiger partial charge is 0.230 e. The lowest BCUT2D eigenvalue weighted by molar-refractivity contribution is -0.123. The van der Waals surface area contributed by atoms with Gasteiger partial charge >= 0.3 is 0 Å². The summed E-state index contributed by atoms with van der Waals surface area (Å²) in [4.78, 5) is 12.1. The number of thiocarbonyl (C=S) groups is 1. The predicted molar refractivity (Wildman–Crippen MR) is 70.6 cm³/mol. The monoisotopic (exact) mass is 254 g/mol. The van der Waals surface area contributed by atoms with Crippen LogP contribution in [0.3, 0.4) is 0 Å². The van der Waals surface area contributed by atoms with Crippen LogP contribution in [0, 0.1) is 5.92 Å². The summed E-state index contributed by atoms with van der Waals surface area (Å²) in [5.74, 6) is 0.351. The first-order valence-corrected chi connectivity index (χ1v) is 6.07. The normalized spacial score (nSPS) is 14.0. The van der Waals surface area contributed by atoms with Crippen LogP contribution in [0.1, 0.15) is 26.0 Å². The molecule has 1 aromatic heterocycles. The molecule has 1 amide bonds. The molecule has 4 nitrogen and oxygen atoms in total. The van der Waals surface area contributed by atoms with Gasteiger partial charge in [-0.05, 0) is 25.5 Å². The molecule has 1 heterocycles. The molecule has 17 heavy (non-hydrogen) atoms. The van der Waals surface area contributed by atoms with Crippen molar-refractivity contribution in [3.05, 3.63) is 24.2 Å². The summed E-state index contributed by atoms with van der Waals surface area (Å²) in [5.41, 5.74) is 5.51. The number of rotatable bonds is 6. The second kappa shape index (κ2) is 6.39. The van der Waals surface area contributed by atoms with Crippen molar-refractivity contribution in [1.82, 2.24) is 5.32 Å². The standard InChI is InChI=1S/C12H18N2O2S/c1-3-10(11(13)17)12(15)14-8(2)7-9-5-4-6-16-9/h4-6,8,10H,3,7H2,1-2H3,(H2,13,17)(H,14,15). The second-order valence-corrected chi connectivity index (χ2v) is 4.53. The number of amides is 1. The number of hydrogen-bond acceptors (Lipinski definition) is 3. The van der Waals surface area contributed by atoms with Gasteiger partial charge in [0, 0.05) is 12.5 Å². The lowest BCUT2D eigenvalue weighted by Gasteiger charge is -2.17. The first-order chi connectivity index (χ1) is 8.04. The summed E-state index contributed by atoms with van der Waals surface area (Å²) < 4.78 is 5.22. The van der Waals surface area contributed by atoms with Crippen LogP contribution < -0.4 is 11.1 Å². The van der Waals surface area contributed by atoms with E-state index in [1.807, 2.05) is 26.0 Å². The third-order valence-corrected chi connectivity index (χ3v) is 2.83. The SMILES string of the molecule is CCC(C(=O)NC(C)Cc1ccco1)C(N)=S. The van der Waals surface area contributed by atoms with Gasteiger partial charge < -0.3 is 15.5 Å². The number of furan rings is 1. The summed E-state index contributed by atoms with van der Waals surface area (Å²) in [6.45, 7) is 3.81. The molecular formula is C12H18N2O2S. The van der Waals surface area contributed by atoms with E-state index < -0.39 is 0 Å². The molecule has 0 aromatic carbocycles. The molecule has 0 spiro atoms. The topological polar surface area (TPSA) is 68.3 Å². The average molecular weight is 254 g/mol. The maximum atomic E-state index is 11.8. The maximum absolute atomic E-state index is 11.8. The molecule has 2 unspecified atom stereocenters. The molecular weight excluding hydrogens is 236 g/mol. The van der Waals surface area contributed by atoms with Crippen molar-refractivity contribution in [2.24, 2.45) is 11.7 Å². The molecule has 0 saturated heterocycles. The Morgan fingerprint density at radius 2 is 2.35 bits per heavy atom. The van der Waals surface area contributed by atoms with E-state index in [1.54, 1.807) is 6.26 Å². The Labute approximate surface area is 107 Å². The minimum atomic E-state index is -0.385. The van der Waals surface area contributed by atoms with E-state index in [1.165, 1.54) is 0 Å². The highest BCUT2D eigenvalue weighted by molar-refractivity contribution is 7.80. The van der Waals surface area contributed by atoms with Gasteiger partial charge in [0.1, 0.15) is 5.76 Å². The Hall–Kier alpha value is -1.36. The second-order valence-electron chi connectivity index (χ2n) is 4.06. The Bertz CT molecular complexity index is 376. The lowest BCUT2D eigenvalue weighted by atomic mass is 10.1. The van der Waals surface area contributed by atoms with Crippen LogP contribution in [0.4, 0.5) is 0 Å². The average Bonchev–Trinajstić information content (AvgIpc) is 2.70. The van der Waals surface area contributed by atoms with Gasteiger partial charge in [-0.25, -0.2) is 0 Å². The molecule has 5 heteroatoms. The maximum Gasteiger partial charge on any atom is 0.230 e. The Morgan fingerprint density at radius 3 is 2.82 bits per heavy atom. The summed E-state index contributed by atoms with van der Waals surface area (Å²) in [6, 6.07) is 3.71. The number of carbonyl (C=O) groups excluding carboxylic acids is 1. The van der Waals surface area contributed by atoms with Gasteiger partial charge in [-0.1, -0.05) is 19.1 Å². The molecule has 0 saturated carbocycles. The van der Waals surface area contributed by atoms with Crippen molar-refractivity contribution in [2.45, 2.75) is 32.7 Å². The van der Waals surface area contributed by atoms with Crippen molar-refractivity contribution in [3.8, 4) is 0 Å². The third kappa shape index (κ3) is 4.19. The molecule has 2 atom stereocenters. The number of nitrogens with one attached hydrogen (secondary N) is 1. The number of nitrogens with two attached hydrogens (primary N) is 1. The van der Waals surface area contributed by atoms with Crippen LogP contribution in [0.5, 0.6) is 0 Å². The van der Waals surface area contributed by atoms with Crippen molar-refractivity contribution in [2.75, 3.05) is 0 Å². The van der Waals surface area contributed by atoms with Crippen molar-refractivity contribution in [1.29, 1.82) is 0 Å². The summed E-state index contributed by atoms with van der Waals surface area (Å²) in [6.07, 6.45) is 2.90. The molecule has 0 aliphatic carbocycles. The first kappa shape index (κ1) is 13.7. The molecule has 0 radical (unpaired) electrons. The molecule has 3 N–H and O–H groups in total. The Morgan fingerprint density at radius 1 is 1.65 bits per heavy atom. The van der Waals surface area contributed by atoms with Gasteiger partial charge in [0.05, 0.1) is 17.2 Å². The van der Waals surface area contributed by atoms with Crippen LogP contribution >= 0.6 is 12.2 Å². The van der Waals surface area contributed by atoms with E-state index >= 15 is 0 Å². The highest BCUT2D eigenvalue weighted by Gasteiger charge is 2.20. The van der Waals surface area contributed by atoms with E-state index in [0.29, 0.717) is 12.8 Å². The number of hydrogen-bond donors (Lipinski definition) is 2. The van der Waals surface area contributed by atoms with E-state index in [-0.39, 0.29) is 22.9 Å². The zero-order chi connectivity index (χ0) is 12.8. The molecule has 0 bridgehead atoms. The van der Waals surface area contributed by atoms with Crippen molar-refractivity contribution >= 4 is 23.1 Å². The fourth-order valence-electron chi connectivity index (χ4n) is 1.64. The largest absolute Gasteiger partial charge is 0.469 e. The molecule has 1 aromatic rings. The highest BCUT2D eigenvalue weighted by Crippen LogP contribution is 2.07. The van der Waals surface area contributed by atoms with Crippen LogP contribution in [-0.4, -0.2) is 16.9 Å². The Kier molecular flexibility index (Phi) is 5.15. The van der Waals surface area contributed by atoms with E-state index in [2.05, 4.69) is 5.32 Å². The molecule has 0 fully saturated rings. The van der Waals surface area contributed by atoms with Gasteiger partial charge in [-0.3, -0.25) is 4.79 Å². The first-order valence-electron chi connectivity index (χ1n) is 5.66.